The highest BCUT2D eigenvalue weighted by Gasteiger charge is 2.43. The number of carbonyl (C=O) groups excluding carboxylic acids is 1. The predicted octanol–water partition coefficient (Wildman–Crippen LogP) is 3.90. The minimum absolute atomic E-state index is 0.359. The smallest absolute Gasteiger partial charge is 0.248 e. The van der Waals surface area contributed by atoms with Crippen molar-refractivity contribution in [1.29, 1.82) is 0 Å². The Morgan fingerprint density at radius 2 is 1.82 bits per heavy atom. The van der Waals surface area contributed by atoms with Gasteiger partial charge in [-0.1, -0.05) is 30.1 Å². The van der Waals surface area contributed by atoms with Gasteiger partial charge in [0.05, 0.1) is 5.41 Å². The highest BCUT2D eigenvalue weighted by Crippen LogP contribution is 2.46. The molecule has 0 radical (unpaired) electrons. The maximum Gasteiger partial charge on any atom is 0.248 e. The number of nitrogens with zero attached hydrogens (tertiary/aromatic N) is 2. The van der Waals surface area contributed by atoms with E-state index in [1.54, 1.807) is 18.2 Å². The largest absolute Gasteiger partial charge is 0.366 e. The first kappa shape index (κ1) is 18.3. The maximum absolute atomic E-state index is 13.8. The second-order valence-corrected chi connectivity index (χ2v) is 7.20. The molecule has 1 fully saturated rings. The Balaban J connectivity index is 1.66. The summed E-state index contributed by atoms with van der Waals surface area (Å²) in [5.74, 6) is -0.932. The lowest BCUT2D eigenvalue weighted by Crippen LogP contribution is -2.24. The summed E-state index contributed by atoms with van der Waals surface area (Å²) >= 11 is 0. The van der Waals surface area contributed by atoms with E-state index in [1.165, 1.54) is 12.1 Å². The van der Waals surface area contributed by atoms with E-state index in [0.29, 0.717) is 42.1 Å². The number of halogens is 2. The molecule has 5 nitrogen and oxygen atoms in total. The summed E-state index contributed by atoms with van der Waals surface area (Å²) in [6.45, 7) is 0. The molecule has 0 saturated heterocycles. The van der Waals surface area contributed by atoms with Gasteiger partial charge in [-0.3, -0.25) is 4.79 Å². The average molecular weight is 383 g/mol. The monoisotopic (exact) mass is 383 g/mol. The second kappa shape index (κ2) is 7.14. The number of carbonyl (C=O) groups is 1. The van der Waals surface area contributed by atoms with Gasteiger partial charge in [-0.2, -0.15) is 4.98 Å². The number of rotatable bonds is 5. The molecule has 1 heterocycles. The molecule has 1 aliphatic rings. The van der Waals surface area contributed by atoms with Crippen LogP contribution in [0, 0.1) is 11.6 Å². The third-order valence-electron chi connectivity index (χ3n) is 5.32. The van der Waals surface area contributed by atoms with Crippen molar-refractivity contribution in [3.8, 4) is 0 Å². The van der Waals surface area contributed by atoms with Crippen LogP contribution in [0.15, 0.2) is 47.0 Å². The van der Waals surface area contributed by atoms with Gasteiger partial charge in [0.1, 0.15) is 11.6 Å². The molecule has 0 spiro atoms. The third-order valence-corrected chi connectivity index (χ3v) is 5.32. The number of hydrogen-bond donors (Lipinski definition) is 1. The molecule has 1 aromatic heterocycles. The molecule has 0 bridgehead atoms. The summed E-state index contributed by atoms with van der Waals surface area (Å²) in [5.41, 5.74) is 6.39. The van der Waals surface area contributed by atoms with Crippen LogP contribution in [0.3, 0.4) is 0 Å². The summed E-state index contributed by atoms with van der Waals surface area (Å²) in [7, 11) is 0. The molecule has 2 N–H and O–H groups in total. The minimum Gasteiger partial charge on any atom is -0.366 e. The van der Waals surface area contributed by atoms with Gasteiger partial charge in [0.25, 0.3) is 0 Å². The Labute approximate surface area is 160 Å². The Hall–Kier alpha value is -3.09. The van der Waals surface area contributed by atoms with Gasteiger partial charge >= 0.3 is 0 Å². The van der Waals surface area contributed by atoms with Crippen LogP contribution >= 0.6 is 0 Å². The van der Waals surface area contributed by atoms with Crippen LogP contribution in [-0.2, 0) is 11.8 Å². The normalized spacial score (nSPS) is 15.6. The maximum atomic E-state index is 13.8. The lowest BCUT2D eigenvalue weighted by atomic mass is 9.78. The molecule has 28 heavy (non-hydrogen) atoms. The SMILES string of the molecule is NC(=O)c1cccc(Cc2noc(C3(c4cc(F)cc(F)c4)CCCC3)n2)c1. The van der Waals surface area contributed by atoms with Gasteiger partial charge in [-0.05, 0) is 48.2 Å². The van der Waals surface area contributed by atoms with Gasteiger partial charge in [0.2, 0.25) is 11.8 Å². The number of benzene rings is 2. The molecular weight excluding hydrogens is 364 g/mol. The summed E-state index contributed by atoms with van der Waals surface area (Å²) in [6, 6.07) is 10.5. The van der Waals surface area contributed by atoms with E-state index in [0.717, 1.165) is 24.5 Å². The quantitative estimate of drug-likeness (QED) is 0.724. The summed E-state index contributed by atoms with van der Waals surface area (Å²) in [4.78, 5) is 15.9. The molecule has 7 heteroatoms. The van der Waals surface area contributed by atoms with E-state index >= 15 is 0 Å². The first-order chi connectivity index (χ1) is 13.5. The van der Waals surface area contributed by atoms with Crippen molar-refractivity contribution in [3.05, 3.63) is 82.5 Å². The van der Waals surface area contributed by atoms with Crippen LogP contribution in [0.5, 0.6) is 0 Å². The van der Waals surface area contributed by atoms with Crippen LogP contribution in [0.25, 0.3) is 0 Å². The minimum atomic E-state index is -0.677. The molecule has 1 aliphatic carbocycles. The highest BCUT2D eigenvalue weighted by molar-refractivity contribution is 5.92. The molecular formula is C21H19F2N3O2. The zero-order chi connectivity index (χ0) is 19.7. The Bertz CT molecular complexity index is 1010. The molecule has 3 aromatic rings. The summed E-state index contributed by atoms with van der Waals surface area (Å²) in [5, 5.41) is 4.06. The van der Waals surface area contributed by atoms with Crippen molar-refractivity contribution in [3.63, 3.8) is 0 Å². The van der Waals surface area contributed by atoms with Gasteiger partial charge in [0, 0.05) is 18.1 Å². The van der Waals surface area contributed by atoms with Gasteiger partial charge in [0.15, 0.2) is 5.82 Å². The summed E-state index contributed by atoms with van der Waals surface area (Å²) in [6.07, 6.45) is 3.56. The third kappa shape index (κ3) is 3.40. The highest BCUT2D eigenvalue weighted by atomic mass is 19.1. The van der Waals surface area contributed by atoms with Crippen molar-refractivity contribution in [1.82, 2.24) is 10.1 Å². The van der Waals surface area contributed by atoms with Gasteiger partial charge in [-0.15, -0.1) is 0 Å². The first-order valence-electron chi connectivity index (χ1n) is 9.15. The molecule has 0 aliphatic heterocycles. The first-order valence-corrected chi connectivity index (χ1v) is 9.15. The Kier molecular flexibility index (Phi) is 4.66. The van der Waals surface area contributed by atoms with E-state index in [2.05, 4.69) is 10.1 Å². The lowest BCUT2D eigenvalue weighted by Gasteiger charge is -2.25. The number of amides is 1. The molecule has 0 unspecified atom stereocenters. The topological polar surface area (TPSA) is 82.0 Å². The fourth-order valence-electron chi connectivity index (χ4n) is 3.97. The predicted molar refractivity (Wildman–Crippen MR) is 97.7 cm³/mol. The van der Waals surface area contributed by atoms with E-state index in [4.69, 9.17) is 10.3 Å². The van der Waals surface area contributed by atoms with E-state index in [-0.39, 0.29) is 0 Å². The van der Waals surface area contributed by atoms with Gasteiger partial charge < -0.3 is 10.3 Å². The molecule has 2 aromatic carbocycles. The molecule has 1 amide bonds. The number of nitrogens with two attached hydrogens (primary N) is 1. The Morgan fingerprint density at radius 3 is 2.50 bits per heavy atom. The van der Waals surface area contributed by atoms with Gasteiger partial charge in [-0.25, -0.2) is 8.78 Å². The number of hydrogen-bond acceptors (Lipinski definition) is 4. The van der Waals surface area contributed by atoms with Crippen LogP contribution < -0.4 is 5.73 Å². The molecule has 144 valence electrons. The fraction of sp³-hybridized carbons (Fsp3) is 0.286. The van der Waals surface area contributed by atoms with Crippen molar-refractivity contribution in [2.24, 2.45) is 5.73 Å². The second-order valence-electron chi connectivity index (χ2n) is 7.20. The van der Waals surface area contributed by atoms with Crippen LogP contribution in [-0.4, -0.2) is 16.0 Å². The zero-order valence-electron chi connectivity index (χ0n) is 15.1. The van der Waals surface area contributed by atoms with Crippen molar-refractivity contribution < 1.29 is 18.1 Å². The Morgan fingerprint density at radius 1 is 1.11 bits per heavy atom. The summed E-state index contributed by atoms with van der Waals surface area (Å²) < 4.78 is 33.2. The fourth-order valence-corrected chi connectivity index (χ4v) is 3.97. The van der Waals surface area contributed by atoms with Crippen LogP contribution in [0.2, 0.25) is 0 Å². The standard InChI is InChI=1S/C21H19F2N3O2/c22-16-10-15(11-17(23)12-16)21(6-1-2-7-21)20-25-18(26-28-20)9-13-4-3-5-14(8-13)19(24)27/h3-5,8,10-12H,1-2,6-7,9H2,(H2,24,27). The van der Waals surface area contributed by atoms with E-state index < -0.39 is 23.0 Å². The molecule has 0 atom stereocenters. The van der Waals surface area contributed by atoms with Crippen molar-refractivity contribution >= 4 is 5.91 Å². The van der Waals surface area contributed by atoms with E-state index in [1.807, 2.05) is 6.07 Å². The van der Waals surface area contributed by atoms with Crippen molar-refractivity contribution in [2.75, 3.05) is 0 Å². The average Bonchev–Trinajstić information content (AvgIpc) is 3.31. The molecule has 4 rings (SSSR count). The van der Waals surface area contributed by atoms with E-state index in [9.17, 15) is 13.6 Å². The zero-order valence-corrected chi connectivity index (χ0v) is 15.1. The molecule has 1 saturated carbocycles. The van der Waals surface area contributed by atoms with Crippen LogP contribution in [0.4, 0.5) is 8.78 Å². The number of primary amides is 1. The lowest BCUT2D eigenvalue weighted by molar-refractivity contribution is 0.1000. The number of aromatic nitrogens is 2. The van der Waals surface area contributed by atoms with Crippen molar-refractivity contribution in [2.45, 2.75) is 37.5 Å². The van der Waals surface area contributed by atoms with Crippen LogP contribution in [0.1, 0.15) is 58.9 Å².